The number of halogens is 1. The maximum Gasteiger partial charge on any atom is 0.230 e. The van der Waals surface area contributed by atoms with Gasteiger partial charge in [0.2, 0.25) is 11.8 Å². The number of fused-ring (bicyclic) bond motifs is 2. The van der Waals surface area contributed by atoms with Gasteiger partial charge in [-0.15, -0.1) is 0 Å². The summed E-state index contributed by atoms with van der Waals surface area (Å²) in [5, 5.41) is 1.10. The predicted octanol–water partition coefficient (Wildman–Crippen LogP) is 3.77. The number of aromatic nitrogens is 1. The summed E-state index contributed by atoms with van der Waals surface area (Å²) in [5.74, 6) is -0.108. The maximum atomic E-state index is 13.4. The molecule has 0 bridgehead atoms. The Labute approximate surface area is 177 Å². The summed E-state index contributed by atoms with van der Waals surface area (Å²) in [6.45, 7) is 7.58. The molecule has 2 aliphatic rings. The van der Waals surface area contributed by atoms with E-state index in [9.17, 15) is 14.0 Å². The van der Waals surface area contributed by atoms with Crippen LogP contribution >= 0.6 is 0 Å². The minimum Gasteiger partial charge on any atom is -0.343 e. The van der Waals surface area contributed by atoms with Crippen LogP contribution in [0.1, 0.15) is 43.1 Å². The summed E-state index contributed by atoms with van der Waals surface area (Å²) in [6.07, 6.45) is 5.23. The lowest BCUT2D eigenvalue weighted by Crippen LogP contribution is -2.49. The Bertz CT molecular complexity index is 1010. The number of benzene rings is 1. The third-order valence-corrected chi connectivity index (χ3v) is 6.58. The fourth-order valence-corrected chi connectivity index (χ4v) is 5.09. The molecule has 0 fully saturated rings. The summed E-state index contributed by atoms with van der Waals surface area (Å²) < 4.78 is 15.2. The van der Waals surface area contributed by atoms with Crippen LogP contribution in [0, 0.1) is 5.92 Å². The van der Waals surface area contributed by atoms with E-state index in [1.54, 1.807) is 4.57 Å². The van der Waals surface area contributed by atoms with Crippen molar-refractivity contribution in [3.63, 3.8) is 0 Å². The number of carbonyl (C=O) groups excluding carboxylic acids is 2. The van der Waals surface area contributed by atoms with E-state index in [-0.39, 0.29) is 23.8 Å². The van der Waals surface area contributed by atoms with E-state index >= 15 is 0 Å². The lowest BCUT2D eigenvalue weighted by Gasteiger charge is -2.42. The van der Waals surface area contributed by atoms with Gasteiger partial charge < -0.3 is 4.90 Å². The van der Waals surface area contributed by atoms with Crippen molar-refractivity contribution in [1.82, 2.24) is 14.4 Å². The van der Waals surface area contributed by atoms with Gasteiger partial charge >= 0.3 is 0 Å². The zero-order valence-corrected chi connectivity index (χ0v) is 18.0. The van der Waals surface area contributed by atoms with Crippen LogP contribution in [0.15, 0.2) is 30.5 Å². The molecule has 0 radical (unpaired) electrons. The largest absolute Gasteiger partial charge is 0.343 e. The molecule has 1 aliphatic carbocycles. The summed E-state index contributed by atoms with van der Waals surface area (Å²) in [7, 11) is 0. The minimum atomic E-state index is -0.442. The van der Waals surface area contributed by atoms with Gasteiger partial charge in [0, 0.05) is 50.2 Å². The first-order valence-electron chi connectivity index (χ1n) is 11.0. The van der Waals surface area contributed by atoms with Crippen LogP contribution in [0.4, 0.5) is 4.39 Å². The van der Waals surface area contributed by atoms with E-state index in [1.807, 2.05) is 44.0 Å². The monoisotopic (exact) mass is 411 g/mol. The smallest absolute Gasteiger partial charge is 0.230 e. The molecular weight excluding hydrogens is 381 g/mol. The Kier molecular flexibility index (Phi) is 5.78. The van der Waals surface area contributed by atoms with E-state index in [0.717, 1.165) is 34.0 Å². The Morgan fingerprint density at radius 1 is 1.20 bits per heavy atom. The molecule has 0 saturated carbocycles. The van der Waals surface area contributed by atoms with Crippen molar-refractivity contribution >= 4 is 28.3 Å². The first-order chi connectivity index (χ1) is 14.5. The number of hydrogen-bond acceptors (Lipinski definition) is 3. The van der Waals surface area contributed by atoms with Gasteiger partial charge in [-0.3, -0.25) is 19.1 Å². The summed E-state index contributed by atoms with van der Waals surface area (Å²) >= 11 is 0. The van der Waals surface area contributed by atoms with E-state index in [4.69, 9.17) is 0 Å². The average Bonchev–Trinajstić information content (AvgIpc) is 3.14. The molecule has 6 heteroatoms. The van der Waals surface area contributed by atoms with Crippen molar-refractivity contribution in [3.05, 3.63) is 41.6 Å². The van der Waals surface area contributed by atoms with Crippen molar-refractivity contribution in [3.8, 4) is 0 Å². The Hall–Kier alpha value is -2.47. The van der Waals surface area contributed by atoms with Gasteiger partial charge in [0.05, 0.1) is 11.4 Å². The maximum absolute atomic E-state index is 13.4. The Morgan fingerprint density at radius 2 is 1.97 bits per heavy atom. The second-order valence-electron chi connectivity index (χ2n) is 8.11. The number of nitrogens with zero attached hydrogens (tertiary/aromatic N) is 3. The lowest BCUT2D eigenvalue weighted by atomic mass is 9.79. The zero-order valence-electron chi connectivity index (χ0n) is 18.0. The van der Waals surface area contributed by atoms with Gasteiger partial charge in [-0.2, -0.15) is 0 Å². The van der Waals surface area contributed by atoms with E-state index in [2.05, 4.69) is 17.0 Å². The standard InChI is InChI=1S/C24H30FN3O2/c1-4-22(29)28-15-16-13-21-19(18-8-7-9-20(28)23(16)18)12-17(14-27(21)11-10-25)24(30)26(5-2)6-3/h7-9,12,15,17,21H,4-6,10-11,13-14H2,1-3H3/t17-,21?/m1/s1. The fraction of sp³-hybridized carbons (Fsp3) is 0.500. The molecule has 1 amide bonds. The molecule has 4 rings (SSSR count). The van der Waals surface area contributed by atoms with Gasteiger partial charge in [-0.05, 0) is 43.0 Å². The van der Waals surface area contributed by atoms with E-state index in [0.29, 0.717) is 32.6 Å². The molecule has 2 heterocycles. The van der Waals surface area contributed by atoms with E-state index < -0.39 is 6.67 Å². The van der Waals surface area contributed by atoms with Crippen LogP contribution in [0.25, 0.3) is 16.5 Å². The first kappa shape index (κ1) is 20.8. The Balaban J connectivity index is 1.85. The fourth-order valence-electron chi connectivity index (χ4n) is 5.09. The summed E-state index contributed by atoms with van der Waals surface area (Å²) in [5.41, 5.74) is 4.21. The number of carbonyl (C=O) groups is 2. The van der Waals surface area contributed by atoms with Crippen LogP contribution in [-0.4, -0.2) is 65.1 Å². The molecule has 2 aromatic rings. The van der Waals surface area contributed by atoms with Crippen LogP contribution in [0.2, 0.25) is 0 Å². The molecule has 30 heavy (non-hydrogen) atoms. The number of rotatable bonds is 6. The highest BCUT2D eigenvalue weighted by Gasteiger charge is 2.38. The van der Waals surface area contributed by atoms with Gasteiger partial charge in [0.25, 0.3) is 0 Å². The highest BCUT2D eigenvalue weighted by molar-refractivity contribution is 6.03. The normalized spacial score (nSPS) is 20.7. The van der Waals surface area contributed by atoms with Crippen molar-refractivity contribution < 1.29 is 14.0 Å². The molecule has 0 saturated heterocycles. The molecule has 1 aliphatic heterocycles. The van der Waals surface area contributed by atoms with Crippen LogP contribution in [-0.2, 0) is 11.2 Å². The first-order valence-corrected chi connectivity index (χ1v) is 11.0. The SMILES string of the molecule is CCC(=O)n1cc2c3c(cccc31)C1=C[C@@H](C(=O)N(CC)CC)CN(CCF)C1C2. The van der Waals surface area contributed by atoms with Crippen molar-refractivity contribution in [2.75, 3.05) is 32.9 Å². The zero-order chi connectivity index (χ0) is 21.4. The summed E-state index contributed by atoms with van der Waals surface area (Å²) in [4.78, 5) is 29.6. The van der Waals surface area contributed by atoms with Gasteiger partial charge in [0.1, 0.15) is 6.67 Å². The lowest BCUT2D eigenvalue weighted by molar-refractivity contribution is -0.134. The van der Waals surface area contributed by atoms with Gasteiger partial charge in [-0.25, -0.2) is 4.39 Å². The number of amides is 1. The van der Waals surface area contributed by atoms with Gasteiger partial charge in [-0.1, -0.05) is 25.1 Å². The molecule has 0 spiro atoms. The molecular formula is C24H30FN3O2. The predicted molar refractivity (Wildman–Crippen MR) is 117 cm³/mol. The summed E-state index contributed by atoms with van der Waals surface area (Å²) in [6, 6.07) is 6.06. The topological polar surface area (TPSA) is 45.6 Å². The Morgan fingerprint density at radius 3 is 2.63 bits per heavy atom. The molecule has 2 atom stereocenters. The third-order valence-electron chi connectivity index (χ3n) is 6.58. The minimum absolute atomic E-state index is 0.0344. The third kappa shape index (κ3) is 3.27. The molecule has 1 aromatic heterocycles. The van der Waals surface area contributed by atoms with Crippen LogP contribution in [0.3, 0.4) is 0 Å². The molecule has 0 N–H and O–H groups in total. The molecule has 160 valence electrons. The van der Waals surface area contributed by atoms with E-state index in [1.165, 1.54) is 0 Å². The van der Waals surface area contributed by atoms with Crippen LogP contribution < -0.4 is 0 Å². The molecule has 5 nitrogen and oxygen atoms in total. The van der Waals surface area contributed by atoms with Crippen molar-refractivity contribution in [1.29, 1.82) is 0 Å². The number of alkyl halides is 1. The highest BCUT2D eigenvalue weighted by Crippen LogP contribution is 2.42. The van der Waals surface area contributed by atoms with Gasteiger partial charge in [0.15, 0.2) is 0 Å². The second kappa shape index (κ2) is 8.34. The number of hydrogen-bond donors (Lipinski definition) is 0. The second-order valence-corrected chi connectivity index (χ2v) is 8.11. The van der Waals surface area contributed by atoms with Crippen molar-refractivity contribution in [2.45, 2.75) is 39.7 Å². The molecule has 1 aromatic carbocycles. The highest BCUT2D eigenvalue weighted by atomic mass is 19.1. The van der Waals surface area contributed by atoms with Crippen LogP contribution in [0.5, 0.6) is 0 Å². The quantitative estimate of drug-likeness (QED) is 0.727. The average molecular weight is 412 g/mol. The van der Waals surface area contributed by atoms with Crippen molar-refractivity contribution in [2.24, 2.45) is 5.92 Å². The molecule has 1 unspecified atom stereocenters.